The summed E-state index contributed by atoms with van der Waals surface area (Å²) >= 11 is 0. The fourth-order valence-electron chi connectivity index (χ4n) is 3.30. The molecule has 0 aliphatic carbocycles. The molecule has 142 valence electrons. The molecule has 3 atom stereocenters. The van der Waals surface area contributed by atoms with Gasteiger partial charge in [0, 0.05) is 30.8 Å². The third kappa shape index (κ3) is 4.34. The number of carbonyl (C=O) groups excluding carboxylic acids is 2. The fourth-order valence-corrected chi connectivity index (χ4v) is 3.30. The second-order valence-electron chi connectivity index (χ2n) is 7.41. The molecule has 1 unspecified atom stereocenters. The molecule has 0 spiro atoms. The van der Waals surface area contributed by atoms with Crippen LogP contribution in [0.2, 0.25) is 0 Å². The van der Waals surface area contributed by atoms with Gasteiger partial charge in [-0.25, -0.2) is 0 Å². The number of ether oxygens (including phenoxy) is 1. The molecule has 26 heavy (non-hydrogen) atoms. The molecule has 0 saturated carbocycles. The van der Waals surface area contributed by atoms with Crippen LogP contribution in [-0.4, -0.2) is 48.8 Å². The van der Waals surface area contributed by atoms with Crippen molar-refractivity contribution in [3.8, 4) is 0 Å². The van der Waals surface area contributed by atoms with Crippen molar-refractivity contribution in [2.24, 2.45) is 5.92 Å². The molecule has 1 saturated heterocycles. The Morgan fingerprint density at radius 3 is 2.85 bits per heavy atom. The maximum atomic E-state index is 11.8. The van der Waals surface area contributed by atoms with Crippen molar-refractivity contribution in [3.63, 3.8) is 0 Å². The molecule has 2 aliphatic rings. The number of amides is 2. The third-order valence-electron chi connectivity index (χ3n) is 4.78. The summed E-state index contributed by atoms with van der Waals surface area (Å²) in [6, 6.07) is 6.09. The predicted molar refractivity (Wildman–Crippen MR) is 97.7 cm³/mol. The van der Waals surface area contributed by atoms with E-state index in [2.05, 4.69) is 22.0 Å². The van der Waals surface area contributed by atoms with Crippen molar-refractivity contribution in [2.45, 2.75) is 44.9 Å². The highest BCUT2D eigenvalue weighted by Crippen LogP contribution is 2.39. The van der Waals surface area contributed by atoms with Crippen molar-refractivity contribution in [1.29, 1.82) is 0 Å². The van der Waals surface area contributed by atoms with Crippen LogP contribution in [0.3, 0.4) is 0 Å². The summed E-state index contributed by atoms with van der Waals surface area (Å²) < 4.78 is 5.75. The van der Waals surface area contributed by atoms with Crippen LogP contribution in [0.25, 0.3) is 0 Å². The van der Waals surface area contributed by atoms with Crippen molar-refractivity contribution < 1.29 is 19.4 Å². The Balaban J connectivity index is 1.52. The monoisotopic (exact) mass is 361 g/mol. The Kier molecular flexibility index (Phi) is 5.78. The normalized spacial score (nSPS) is 23.8. The number of nitrogens with one attached hydrogen (secondary N) is 3. The molecule has 2 heterocycles. The highest BCUT2D eigenvalue weighted by atomic mass is 16.5. The van der Waals surface area contributed by atoms with E-state index in [0.29, 0.717) is 32.0 Å². The van der Waals surface area contributed by atoms with Gasteiger partial charge < -0.3 is 25.8 Å². The molecule has 2 amide bonds. The summed E-state index contributed by atoms with van der Waals surface area (Å²) in [7, 11) is 0. The quantitative estimate of drug-likeness (QED) is 0.580. The summed E-state index contributed by atoms with van der Waals surface area (Å²) in [4.78, 5) is 23.4. The number of benzene rings is 1. The first-order valence-electron chi connectivity index (χ1n) is 9.19. The summed E-state index contributed by atoms with van der Waals surface area (Å²) in [6.07, 6.45) is 0.909. The topological polar surface area (TPSA) is 99.7 Å². The van der Waals surface area contributed by atoms with Gasteiger partial charge in [0.25, 0.3) is 0 Å². The smallest absolute Gasteiger partial charge is 0.309 e. The SMILES string of the molecule is CC(C)CNC(=O)C(=O)NCCc1ccc2c(c1)C1C[C@H](N2)[C@H](O)CO1. The summed E-state index contributed by atoms with van der Waals surface area (Å²) in [6.45, 7) is 5.17. The average molecular weight is 361 g/mol. The van der Waals surface area contributed by atoms with E-state index < -0.39 is 17.9 Å². The highest BCUT2D eigenvalue weighted by Gasteiger charge is 2.36. The van der Waals surface area contributed by atoms with Gasteiger partial charge >= 0.3 is 11.8 Å². The number of hydrogen-bond donors (Lipinski definition) is 4. The van der Waals surface area contributed by atoms with Gasteiger partial charge in [-0.05, 0) is 24.0 Å². The number of anilines is 1. The molecule has 2 bridgehead atoms. The Morgan fingerprint density at radius 2 is 2.08 bits per heavy atom. The molecular formula is C19H27N3O4. The van der Waals surface area contributed by atoms with Crippen LogP contribution in [0.15, 0.2) is 18.2 Å². The molecule has 7 nitrogen and oxygen atoms in total. The van der Waals surface area contributed by atoms with Crippen LogP contribution in [0.1, 0.15) is 37.5 Å². The van der Waals surface area contributed by atoms with Crippen LogP contribution in [0.5, 0.6) is 0 Å². The van der Waals surface area contributed by atoms with Gasteiger partial charge in [0.1, 0.15) is 0 Å². The molecule has 3 rings (SSSR count). The maximum Gasteiger partial charge on any atom is 0.309 e. The van der Waals surface area contributed by atoms with E-state index in [0.717, 1.165) is 23.2 Å². The third-order valence-corrected chi connectivity index (χ3v) is 4.78. The zero-order chi connectivity index (χ0) is 18.7. The minimum absolute atomic E-state index is 0.00370. The van der Waals surface area contributed by atoms with Gasteiger partial charge in [0.15, 0.2) is 0 Å². The molecular weight excluding hydrogens is 334 g/mol. The molecule has 4 N–H and O–H groups in total. The van der Waals surface area contributed by atoms with E-state index in [1.54, 1.807) is 0 Å². The van der Waals surface area contributed by atoms with Gasteiger partial charge in [-0.1, -0.05) is 26.0 Å². The predicted octanol–water partition coefficient (Wildman–Crippen LogP) is 0.734. The summed E-state index contributed by atoms with van der Waals surface area (Å²) in [5.74, 6) is -0.884. The Hall–Kier alpha value is -2.12. The van der Waals surface area contributed by atoms with E-state index in [4.69, 9.17) is 4.74 Å². The first kappa shape index (κ1) is 18.7. The molecule has 2 aliphatic heterocycles. The van der Waals surface area contributed by atoms with Crippen LogP contribution in [-0.2, 0) is 20.7 Å². The van der Waals surface area contributed by atoms with E-state index in [1.807, 2.05) is 26.0 Å². The lowest BCUT2D eigenvalue weighted by Crippen LogP contribution is -2.46. The van der Waals surface area contributed by atoms with E-state index in [-0.39, 0.29) is 12.1 Å². The Labute approximate surface area is 153 Å². The second-order valence-corrected chi connectivity index (χ2v) is 7.41. The van der Waals surface area contributed by atoms with Crippen LogP contribution in [0, 0.1) is 5.92 Å². The largest absolute Gasteiger partial charge is 0.389 e. The molecule has 1 aromatic rings. The van der Waals surface area contributed by atoms with Gasteiger partial charge in [0.05, 0.1) is 24.9 Å². The number of rotatable bonds is 5. The van der Waals surface area contributed by atoms with Crippen molar-refractivity contribution in [2.75, 3.05) is 25.0 Å². The lowest BCUT2D eigenvalue weighted by atomic mass is 9.89. The molecule has 1 fully saturated rings. The minimum Gasteiger partial charge on any atom is -0.389 e. The summed E-state index contributed by atoms with van der Waals surface area (Å²) in [5, 5.41) is 18.5. The van der Waals surface area contributed by atoms with Gasteiger partial charge in [-0.15, -0.1) is 0 Å². The lowest BCUT2D eigenvalue weighted by Gasteiger charge is -2.40. The van der Waals surface area contributed by atoms with Gasteiger partial charge in [-0.3, -0.25) is 9.59 Å². The fraction of sp³-hybridized carbons (Fsp3) is 0.579. The first-order chi connectivity index (χ1) is 12.4. The van der Waals surface area contributed by atoms with E-state index >= 15 is 0 Å². The lowest BCUT2D eigenvalue weighted by molar-refractivity contribution is -0.139. The summed E-state index contributed by atoms with van der Waals surface area (Å²) in [5.41, 5.74) is 3.15. The number of aliphatic hydroxyl groups is 1. The first-order valence-corrected chi connectivity index (χ1v) is 9.19. The Bertz CT molecular complexity index is 677. The van der Waals surface area contributed by atoms with E-state index in [1.165, 1.54) is 0 Å². The van der Waals surface area contributed by atoms with E-state index in [9.17, 15) is 14.7 Å². The zero-order valence-electron chi connectivity index (χ0n) is 15.2. The molecule has 0 aromatic heterocycles. The zero-order valence-corrected chi connectivity index (χ0v) is 15.2. The van der Waals surface area contributed by atoms with Crippen LogP contribution >= 0.6 is 0 Å². The van der Waals surface area contributed by atoms with Crippen LogP contribution in [0.4, 0.5) is 5.69 Å². The molecule has 1 aromatic carbocycles. The molecule has 0 radical (unpaired) electrons. The minimum atomic E-state index is -0.599. The number of carbonyl (C=O) groups is 2. The van der Waals surface area contributed by atoms with Crippen molar-refractivity contribution in [3.05, 3.63) is 29.3 Å². The molecule has 7 heteroatoms. The highest BCUT2D eigenvalue weighted by molar-refractivity contribution is 6.35. The Morgan fingerprint density at radius 1 is 1.31 bits per heavy atom. The standard InChI is InChI=1S/C19H27N3O4/c1-11(2)9-21-19(25)18(24)20-6-5-12-3-4-14-13(7-12)17-8-15(22-14)16(23)10-26-17/h3-4,7,11,15-17,22-23H,5-6,8-10H2,1-2H3,(H,20,24)(H,21,25)/t15-,16+,17?/m0/s1. The number of fused-ring (bicyclic) bond motifs is 4. The number of aliphatic hydroxyl groups excluding tert-OH is 1. The number of hydrogen-bond acceptors (Lipinski definition) is 5. The van der Waals surface area contributed by atoms with Gasteiger partial charge in [-0.2, -0.15) is 0 Å². The van der Waals surface area contributed by atoms with Crippen LogP contribution < -0.4 is 16.0 Å². The van der Waals surface area contributed by atoms with Gasteiger partial charge in [0.2, 0.25) is 0 Å². The average Bonchev–Trinajstić information content (AvgIpc) is 2.62. The maximum absolute atomic E-state index is 11.8. The van der Waals surface area contributed by atoms with Crippen molar-refractivity contribution >= 4 is 17.5 Å². The van der Waals surface area contributed by atoms with Crippen molar-refractivity contribution in [1.82, 2.24) is 10.6 Å². The second kappa shape index (κ2) is 8.05.